The zero-order valence-corrected chi connectivity index (χ0v) is 14.7. The minimum Gasteiger partial charge on any atom is -0.465 e. The number of piperidine rings is 2. The zero-order chi connectivity index (χ0) is 17.2. The first-order chi connectivity index (χ1) is 12.2. The first-order valence-corrected chi connectivity index (χ1v) is 9.22. The Kier molecular flexibility index (Phi) is 4.61. The average molecular weight is 343 g/mol. The summed E-state index contributed by atoms with van der Waals surface area (Å²) in [5.41, 5.74) is 1.90. The lowest BCUT2D eigenvalue weighted by Crippen LogP contribution is -2.46. The van der Waals surface area contributed by atoms with Gasteiger partial charge < -0.3 is 19.0 Å². The second-order valence-corrected chi connectivity index (χ2v) is 6.99. The van der Waals surface area contributed by atoms with Gasteiger partial charge in [-0.25, -0.2) is 4.79 Å². The van der Waals surface area contributed by atoms with Crippen molar-refractivity contribution >= 4 is 23.1 Å². The number of benzene rings is 1. The van der Waals surface area contributed by atoms with Crippen LogP contribution < -0.4 is 4.90 Å². The van der Waals surface area contributed by atoms with Gasteiger partial charge in [-0.1, -0.05) is 6.42 Å². The number of hydrogen-bond donors (Lipinski definition) is 0. The lowest BCUT2D eigenvalue weighted by Gasteiger charge is -2.39. The van der Waals surface area contributed by atoms with Gasteiger partial charge in [0.25, 0.3) is 6.01 Å². The number of anilines is 1. The highest BCUT2D eigenvalue weighted by Gasteiger charge is 2.27. The predicted molar refractivity (Wildman–Crippen MR) is 96.0 cm³/mol. The summed E-state index contributed by atoms with van der Waals surface area (Å²) in [4.78, 5) is 21.1. The molecule has 1 aromatic carbocycles. The standard InChI is InChI=1S/C19H25N3O3/c1-24-18(23)14-5-6-16-17(13-14)25-19(20-16)22-11-7-15(8-12-22)21-9-3-2-4-10-21/h5-6,13,15H,2-4,7-12H2,1H3. The molecule has 3 heterocycles. The number of hydrogen-bond acceptors (Lipinski definition) is 6. The van der Waals surface area contributed by atoms with Gasteiger partial charge in [0.05, 0.1) is 12.7 Å². The summed E-state index contributed by atoms with van der Waals surface area (Å²) in [6.07, 6.45) is 6.38. The van der Waals surface area contributed by atoms with Crippen molar-refractivity contribution in [3.63, 3.8) is 0 Å². The Bertz CT molecular complexity index is 743. The Morgan fingerprint density at radius 2 is 1.92 bits per heavy atom. The number of oxazole rings is 1. The molecule has 0 amide bonds. The minimum absolute atomic E-state index is 0.359. The Morgan fingerprint density at radius 3 is 2.64 bits per heavy atom. The van der Waals surface area contributed by atoms with E-state index in [4.69, 9.17) is 9.15 Å². The third-order valence-electron chi connectivity index (χ3n) is 5.44. The highest BCUT2D eigenvalue weighted by atomic mass is 16.5. The Balaban J connectivity index is 1.44. The summed E-state index contributed by atoms with van der Waals surface area (Å²) in [6.45, 7) is 4.45. The molecular formula is C19H25N3O3. The molecule has 0 N–H and O–H groups in total. The van der Waals surface area contributed by atoms with E-state index in [0.717, 1.165) is 31.4 Å². The number of likely N-dealkylation sites (tertiary alicyclic amines) is 1. The molecule has 2 aromatic rings. The summed E-state index contributed by atoms with van der Waals surface area (Å²) < 4.78 is 10.7. The van der Waals surface area contributed by atoms with E-state index in [0.29, 0.717) is 23.2 Å². The molecule has 6 heteroatoms. The maximum Gasteiger partial charge on any atom is 0.337 e. The molecule has 0 radical (unpaired) electrons. The van der Waals surface area contributed by atoms with E-state index in [2.05, 4.69) is 14.8 Å². The fourth-order valence-electron chi connectivity index (χ4n) is 4.00. The summed E-state index contributed by atoms with van der Waals surface area (Å²) >= 11 is 0. The topological polar surface area (TPSA) is 58.8 Å². The van der Waals surface area contributed by atoms with Gasteiger partial charge in [0.15, 0.2) is 5.58 Å². The molecule has 0 unspecified atom stereocenters. The quantitative estimate of drug-likeness (QED) is 0.798. The fourth-order valence-corrected chi connectivity index (χ4v) is 4.00. The number of fused-ring (bicyclic) bond motifs is 1. The number of carbonyl (C=O) groups excluding carboxylic acids is 1. The first-order valence-electron chi connectivity index (χ1n) is 9.22. The molecule has 6 nitrogen and oxygen atoms in total. The van der Waals surface area contributed by atoms with E-state index >= 15 is 0 Å². The molecule has 0 spiro atoms. The number of carbonyl (C=O) groups is 1. The maximum absolute atomic E-state index is 11.7. The van der Waals surface area contributed by atoms with Crippen LogP contribution in [0.4, 0.5) is 6.01 Å². The zero-order valence-electron chi connectivity index (χ0n) is 14.7. The normalized spacial score (nSPS) is 20.1. The van der Waals surface area contributed by atoms with E-state index in [-0.39, 0.29) is 5.97 Å². The number of rotatable bonds is 3. The molecule has 1 aromatic heterocycles. The van der Waals surface area contributed by atoms with Crippen LogP contribution in [0.5, 0.6) is 0 Å². The van der Waals surface area contributed by atoms with Gasteiger partial charge in [-0.05, 0) is 57.0 Å². The number of methoxy groups -OCH3 is 1. The number of aromatic nitrogens is 1. The van der Waals surface area contributed by atoms with Gasteiger partial charge in [-0.3, -0.25) is 0 Å². The van der Waals surface area contributed by atoms with Gasteiger partial charge in [0, 0.05) is 19.1 Å². The van der Waals surface area contributed by atoms with Crippen LogP contribution in [0, 0.1) is 0 Å². The molecule has 2 aliphatic rings. The predicted octanol–water partition coefficient (Wildman–Crippen LogP) is 3.07. The lowest BCUT2D eigenvalue weighted by molar-refractivity contribution is 0.0601. The summed E-state index contributed by atoms with van der Waals surface area (Å²) in [6, 6.07) is 6.61. The Labute approximate surface area is 147 Å². The van der Waals surface area contributed by atoms with Crippen molar-refractivity contribution in [3.8, 4) is 0 Å². The van der Waals surface area contributed by atoms with E-state index in [1.54, 1.807) is 12.1 Å². The number of esters is 1. The smallest absolute Gasteiger partial charge is 0.337 e. The molecule has 25 heavy (non-hydrogen) atoms. The van der Waals surface area contributed by atoms with Gasteiger partial charge in [-0.15, -0.1) is 0 Å². The largest absolute Gasteiger partial charge is 0.465 e. The van der Waals surface area contributed by atoms with Gasteiger partial charge in [-0.2, -0.15) is 4.98 Å². The maximum atomic E-state index is 11.7. The molecule has 0 aliphatic carbocycles. The van der Waals surface area contributed by atoms with E-state index < -0.39 is 0 Å². The molecule has 2 fully saturated rings. The van der Waals surface area contributed by atoms with E-state index in [9.17, 15) is 4.79 Å². The van der Waals surface area contributed by atoms with Gasteiger partial charge in [0.1, 0.15) is 5.52 Å². The summed E-state index contributed by atoms with van der Waals surface area (Å²) in [7, 11) is 1.38. The minimum atomic E-state index is -0.359. The van der Waals surface area contributed by atoms with Crippen LogP contribution >= 0.6 is 0 Å². The van der Waals surface area contributed by atoms with Crippen LogP contribution in [0.2, 0.25) is 0 Å². The number of nitrogens with zero attached hydrogens (tertiary/aromatic N) is 3. The third-order valence-corrected chi connectivity index (χ3v) is 5.44. The molecule has 2 aliphatic heterocycles. The molecule has 2 saturated heterocycles. The first kappa shape index (κ1) is 16.4. The second-order valence-electron chi connectivity index (χ2n) is 6.99. The van der Waals surface area contributed by atoms with Crippen LogP contribution in [-0.2, 0) is 4.74 Å². The summed E-state index contributed by atoms with van der Waals surface area (Å²) in [5, 5.41) is 0. The monoisotopic (exact) mass is 343 g/mol. The van der Waals surface area contributed by atoms with Gasteiger partial charge in [0.2, 0.25) is 0 Å². The highest BCUT2D eigenvalue weighted by Crippen LogP contribution is 2.27. The van der Waals surface area contributed by atoms with Crippen molar-refractivity contribution in [1.29, 1.82) is 0 Å². The van der Waals surface area contributed by atoms with Crippen LogP contribution in [0.3, 0.4) is 0 Å². The third kappa shape index (κ3) is 3.35. The number of ether oxygens (including phenoxy) is 1. The molecular weight excluding hydrogens is 318 g/mol. The molecule has 0 saturated carbocycles. The SMILES string of the molecule is COC(=O)c1ccc2nc(N3CCC(N4CCCCC4)CC3)oc2c1. The van der Waals surface area contributed by atoms with E-state index in [1.807, 2.05) is 6.07 Å². The Hall–Kier alpha value is -2.08. The molecule has 134 valence electrons. The van der Waals surface area contributed by atoms with Crippen molar-refractivity contribution in [2.24, 2.45) is 0 Å². The van der Waals surface area contributed by atoms with Crippen molar-refractivity contribution in [2.45, 2.75) is 38.1 Å². The molecule has 0 atom stereocenters. The van der Waals surface area contributed by atoms with Crippen molar-refractivity contribution in [1.82, 2.24) is 9.88 Å². The van der Waals surface area contributed by atoms with Crippen LogP contribution in [-0.4, -0.2) is 55.2 Å². The Morgan fingerprint density at radius 1 is 1.16 bits per heavy atom. The van der Waals surface area contributed by atoms with Crippen LogP contribution in [0.1, 0.15) is 42.5 Å². The van der Waals surface area contributed by atoms with Crippen molar-refractivity contribution in [3.05, 3.63) is 23.8 Å². The average Bonchev–Trinajstić information content (AvgIpc) is 3.11. The van der Waals surface area contributed by atoms with Crippen molar-refractivity contribution < 1.29 is 13.9 Å². The van der Waals surface area contributed by atoms with E-state index in [1.165, 1.54) is 39.5 Å². The molecule has 0 bridgehead atoms. The van der Waals surface area contributed by atoms with Crippen molar-refractivity contribution in [2.75, 3.05) is 38.2 Å². The van der Waals surface area contributed by atoms with Crippen LogP contribution in [0.25, 0.3) is 11.1 Å². The lowest BCUT2D eigenvalue weighted by atomic mass is 10.0. The second kappa shape index (κ2) is 7.04. The van der Waals surface area contributed by atoms with Gasteiger partial charge >= 0.3 is 5.97 Å². The fraction of sp³-hybridized carbons (Fsp3) is 0.579. The summed E-state index contributed by atoms with van der Waals surface area (Å²) in [5.74, 6) is -0.359. The highest BCUT2D eigenvalue weighted by molar-refractivity contribution is 5.93. The van der Waals surface area contributed by atoms with Crippen LogP contribution in [0.15, 0.2) is 22.6 Å². The molecule has 4 rings (SSSR count).